The van der Waals surface area contributed by atoms with Crippen molar-refractivity contribution in [2.75, 3.05) is 6.54 Å². The minimum absolute atomic E-state index is 0.240. The highest BCUT2D eigenvalue weighted by molar-refractivity contribution is 5.85. The van der Waals surface area contributed by atoms with Crippen molar-refractivity contribution >= 4 is 5.84 Å². The molecule has 1 aromatic heterocycles. The van der Waals surface area contributed by atoms with E-state index in [2.05, 4.69) is 15.5 Å². The second-order valence-corrected chi connectivity index (χ2v) is 5.32. The summed E-state index contributed by atoms with van der Waals surface area (Å²) in [4.78, 5) is 4.25. The third-order valence-corrected chi connectivity index (χ3v) is 3.24. The highest BCUT2D eigenvalue weighted by atomic mass is 16.4. The number of unbranched alkanes of at least 4 members (excludes halogenated alkanes) is 1. The van der Waals surface area contributed by atoms with Crippen LogP contribution in [0.1, 0.15) is 38.8 Å². The van der Waals surface area contributed by atoms with E-state index in [-0.39, 0.29) is 5.41 Å². The van der Waals surface area contributed by atoms with Crippen LogP contribution in [0.15, 0.2) is 29.6 Å². The molecule has 0 unspecified atom stereocenters. The largest absolute Gasteiger partial charge is 0.409 e. The maximum Gasteiger partial charge on any atom is 0.144 e. The van der Waals surface area contributed by atoms with Gasteiger partial charge in [0.05, 0.1) is 5.69 Å². The fourth-order valence-electron chi connectivity index (χ4n) is 1.80. The van der Waals surface area contributed by atoms with Crippen molar-refractivity contribution in [3.63, 3.8) is 0 Å². The Morgan fingerprint density at radius 1 is 1.42 bits per heavy atom. The molecule has 0 saturated carbocycles. The van der Waals surface area contributed by atoms with E-state index >= 15 is 0 Å². The zero-order valence-electron chi connectivity index (χ0n) is 11.8. The summed E-state index contributed by atoms with van der Waals surface area (Å²) in [5, 5.41) is 15.1. The van der Waals surface area contributed by atoms with Gasteiger partial charge in [-0.05, 0) is 31.5 Å². The molecule has 0 saturated heterocycles. The average molecular weight is 264 g/mol. The van der Waals surface area contributed by atoms with Crippen molar-refractivity contribution in [2.45, 2.75) is 39.7 Å². The molecular weight excluding hydrogens is 240 g/mol. The second-order valence-electron chi connectivity index (χ2n) is 5.32. The van der Waals surface area contributed by atoms with Crippen LogP contribution in [0.4, 0.5) is 0 Å². The van der Waals surface area contributed by atoms with Crippen LogP contribution >= 0.6 is 0 Å². The quantitative estimate of drug-likeness (QED) is 0.221. The lowest BCUT2D eigenvalue weighted by atomic mass is 9.86. The first-order valence-corrected chi connectivity index (χ1v) is 6.65. The number of nitrogens with zero attached hydrogens (tertiary/aromatic N) is 2. The van der Waals surface area contributed by atoms with Gasteiger partial charge in [0, 0.05) is 18.2 Å². The van der Waals surface area contributed by atoms with Crippen LogP contribution in [0.2, 0.25) is 0 Å². The maximum absolute atomic E-state index is 8.68. The summed E-state index contributed by atoms with van der Waals surface area (Å²) in [5.41, 5.74) is 6.46. The van der Waals surface area contributed by atoms with E-state index in [9.17, 15) is 0 Å². The van der Waals surface area contributed by atoms with Gasteiger partial charge in [-0.1, -0.05) is 31.5 Å². The minimum atomic E-state index is -0.240. The Bertz CT molecular complexity index is 390. The van der Waals surface area contributed by atoms with Crippen LogP contribution in [0.5, 0.6) is 0 Å². The first kappa shape index (κ1) is 15.4. The molecule has 5 nitrogen and oxygen atoms in total. The third-order valence-electron chi connectivity index (χ3n) is 3.24. The van der Waals surface area contributed by atoms with Gasteiger partial charge in [-0.25, -0.2) is 0 Å². The van der Waals surface area contributed by atoms with Gasteiger partial charge in [-0.2, -0.15) is 0 Å². The molecule has 0 aliphatic carbocycles. The van der Waals surface area contributed by atoms with Crippen molar-refractivity contribution in [1.29, 1.82) is 0 Å². The van der Waals surface area contributed by atoms with Crippen LogP contribution in [-0.4, -0.2) is 22.6 Å². The topological polar surface area (TPSA) is 83.5 Å². The van der Waals surface area contributed by atoms with E-state index in [4.69, 9.17) is 10.9 Å². The Hall–Kier alpha value is -1.62. The van der Waals surface area contributed by atoms with E-state index in [0.29, 0.717) is 5.84 Å². The summed E-state index contributed by atoms with van der Waals surface area (Å²) in [6.45, 7) is 5.72. The second kappa shape index (κ2) is 7.74. The number of aromatic nitrogens is 1. The van der Waals surface area contributed by atoms with Gasteiger partial charge >= 0.3 is 0 Å². The van der Waals surface area contributed by atoms with Gasteiger partial charge in [0.1, 0.15) is 5.84 Å². The Labute approximate surface area is 114 Å². The molecule has 0 radical (unpaired) electrons. The molecule has 0 bridgehead atoms. The Morgan fingerprint density at radius 2 is 2.21 bits per heavy atom. The summed E-state index contributed by atoms with van der Waals surface area (Å²) in [6.07, 6.45) is 4.82. The minimum Gasteiger partial charge on any atom is -0.409 e. The molecule has 0 fully saturated rings. The van der Waals surface area contributed by atoms with Gasteiger partial charge < -0.3 is 16.3 Å². The van der Waals surface area contributed by atoms with Gasteiger partial charge in [0.25, 0.3) is 0 Å². The smallest absolute Gasteiger partial charge is 0.144 e. The molecule has 106 valence electrons. The predicted octanol–water partition coefficient (Wildman–Crippen LogP) is 2.11. The monoisotopic (exact) mass is 264 g/mol. The lowest BCUT2D eigenvalue weighted by Crippen LogP contribution is -2.32. The zero-order chi connectivity index (χ0) is 14.1. The van der Waals surface area contributed by atoms with Crippen molar-refractivity contribution < 1.29 is 5.21 Å². The molecular formula is C14H24N4O. The van der Waals surface area contributed by atoms with Crippen LogP contribution in [0.25, 0.3) is 0 Å². The first-order chi connectivity index (χ1) is 9.06. The van der Waals surface area contributed by atoms with Crippen LogP contribution in [0, 0.1) is 5.41 Å². The third kappa shape index (κ3) is 5.70. The molecule has 1 aromatic rings. The van der Waals surface area contributed by atoms with Gasteiger partial charge in [-0.3, -0.25) is 4.98 Å². The lowest BCUT2D eigenvalue weighted by molar-refractivity contribution is 0.304. The zero-order valence-corrected chi connectivity index (χ0v) is 11.8. The average Bonchev–Trinajstić information content (AvgIpc) is 2.42. The normalized spacial score (nSPS) is 12.6. The SMILES string of the molecule is CC(C)(CCCCNCc1ccccn1)/C(N)=N/O. The molecule has 4 N–H and O–H groups in total. The molecule has 5 heteroatoms. The van der Waals surface area contributed by atoms with Gasteiger partial charge in [0.15, 0.2) is 0 Å². The van der Waals surface area contributed by atoms with Gasteiger partial charge in [0.2, 0.25) is 0 Å². The highest BCUT2D eigenvalue weighted by Gasteiger charge is 2.22. The summed E-state index contributed by atoms with van der Waals surface area (Å²) < 4.78 is 0. The molecule has 0 spiro atoms. The number of nitrogens with two attached hydrogens (primary N) is 1. The molecule has 0 aliphatic rings. The fraction of sp³-hybridized carbons (Fsp3) is 0.571. The number of hydrogen-bond donors (Lipinski definition) is 3. The number of oxime groups is 1. The van der Waals surface area contributed by atoms with Crippen molar-refractivity contribution in [1.82, 2.24) is 10.3 Å². The van der Waals surface area contributed by atoms with E-state index < -0.39 is 0 Å². The molecule has 0 amide bonds. The number of pyridine rings is 1. The van der Waals surface area contributed by atoms with E-state index in [1.165, 1.54) is 0 Å². The van der Waals surface area contributed by atoms with Crippen molar-refractivity contribution in [3.8, 4) is 0 Å². The van der Waals surface area contributed by atoms with E-state index in [1.807, 2.05) is 32.0 Å². The summed E-state index contributed by atoms with van der Waals surface area (Å²) in [5.74, 6) is 0.300. The maximum atomic E-state index is 8.68. The predicted molar refractivity (Wildman–Crippen MR) is 77.0 cm³/mol. The molecule has 0 aliphatic heterocycles. The Kier molecular flexibility index (Phi) is 6.29. The van der Waals surface area contributed by atoms with Crippen LogP contribution in [0.3, 0.4) is 0 Å². The summed E-state index contributed by atoms with van der Waals surface area (Å²) in [6, 6.07) is 5.91. The number of amidine groups is 1. The fourth-order valence-corrected chi connectivity index (χ4v) is 1.80. The standard InChI is InChI=1S/C14H24N4O/c1-14(2,13(15)18-19)8-4-6-9-16-11-12-7-3-5-10-17-12/h3,5,7,10,16,19H,4,6,8-9,11H2,1-2H3,(H2,15,18). The molecule has 19 heavy (non-hydrogen) atoms. The summed E-state index contributed by atoms with van der Waals surface area (Å²) in [7, 11) is 0. The number of rotatable bonds is 8. The lowest BCUT2D eigenvalue weighted by Gasteiger charge is -2.22. The van der Waals surface area contributed by atoms with Crippen LogP contribution in [-0.2, 0) is 6.54 Å². The number of hydrogen-bond acceptors (Lipinski definition) is 4. The van der Waals surface area contributed by atoms with Gasteiger partial charge in [-0.15, -0.1) is 0 Å². The molecule has 0 aromatic carbocycles. The highest BCUT2D eigenvalue weighted by Crippen LogP contribution is 2.23. The van der Waals surface area contributed by atoms with E-state index in [0.717, 1.165) is 38.0 Å². The Morgan fingerprint density at radius 3 is 2.84 bits per heavy atom. The molecule has 1 heterocycles. The van der Waals surface area contributed by atoms with Crippen molar-refractivity contribution in [2.24, 2.45) is 16.3 Å². The molecule has 0 atom stereocenters. The molecule has 1 rings (SSSR count). The number of nitrogens with one attached hydrogen (secondary N) is 1. The van der Waals surface area contributed by atoms with Crippen molar-refractivity contribution in [3.05, 3.63) is 30.1 Å². The first-order valence-electron chi connectivity index (χ1n) is 6.65. The van der Waals surface area contributed by atoms with E-state index in [1.54, 1.807) is 6.20 Å². The summed E-state index contributed by atoms with van der Waals surface area (Å²) >= 11 is 0. The Balaban J connectivity index is 2.12. The van der Waals surface area contributed by atoms with Crippen LogP contribution < -0.4 is 11.1 Å².